The molecule has 0 aromatic heterocycles. The molecule has 3 rings (SSSR count). The molecule has 124 valence electrons. The van der Waals surface area contributed by atoms with Crippen LogP contribution in [0.3, 0.4) is 0 Å². The molecule has 4 nitrogen and oxygen atoms in total. The molecule has 3 atom stereocenters. The minimum atomic E-state index is -0.564. The number of hydrogen-bond donors (Lipinski definition) is 1. The first-order valence-corrected chi connectivity index (χ1v) is 8.16. The molecule has 2 saturated heterocycles. The number of phenols is 1. The highest BCUT2D eigenvalue weighted by atomic mass is 16.5. The lowest BCUT2D eigenvalue weighted by Gasteiger charge is -2.45. The van der Waals surface area contributed by atoms with Gasteiger partial charge in [-0.05, 0) is 43.2 Å². The van der Waals surface area contributed by atoms with Crippen LogP contribution in [0.1, 0.15) is 56.0 Å². The van der Waals surface area contributed by atoms with Crippen LogP contribution in [-0.4, -0.2) is 28.4 Å². The van der Waals surface area contributed by atoms with Crippen LogP contribution in [0.5, 0.6) is 5.75 Å². The Kier molecular flexibility index (Phi) is 3.64. The van der Waals surface area contributed by atoms with Gasteiger partial charge in [-0.15, -0.1) is 0 Å². The molecule has 0 saturated carbocycles. The Morgan fingerprint density at radius 1 is 1.35 bits per heavy atom. The van der Waals surface area contributed by atoms with Crippen molar-refractivity contribution in [3.8, 4) is 5.75 Å². The molecule has 0 aliphatic carbocycles. The Hall–Kier alpha value is -1.68. The molecule has 2 heterocycles. The van der Waals surface area contributed by atoms with Crippen molar-refractivity contribution in [2.24, 2.45) is 11.3 Å². The molecule has 0 unspecified atom stereocenters. The number of rotatable bonds is 3. The third-order valence-corrected chi connectivity index (χ3v) is 5.51. The zero-order valence-corrected chi connectivity index (χ0v) is 14.2. The lowest BCUT2D eigenvalue weighted by molar-refractivity contribution is -0.162. The Morgan fingerprint density at radius 3 is 2.70 bits per heavy atom. The number of ketones is 2. The molecule has 1 aromatic carbocycles. The van der Waals surface area contributed by atoms with Gasteiger partial charge in [0.2, 0.25) is 0 Å². The predicted molar refractivity (Wildman–Crippen MR) is 86.6 cm³/mol. The van der Waals surface area contributed by atoms with Crippen LogP contribution in [0.2, 0.25) is 0 Å². The zero-order chi connectivity index (χ0) is 17.0. The summed E-state index contributed by atoms with van der Waals surface area (Å²) in [5.74, 6) is 0.0680. The Balaban J connectivity index is 1.88. The summed E-state index contributed by atoms with van der Waals surface area (Å²) in [7, 11) is 0. The van der Waals surface area contributed by atoms with Gasteiger partial charge in [0.15, 0.2) is 11.6 Å². The average Bonchev–Trinajstić information content (AvgIpc) is 2.71. The summed E-state index contributed by atoms with van der Waals surface area (Å²) in [5.41, 5.74) is 0.341. The Morgan fingerprint density at radius 2 is 2.04 bits per heavy atom. The largest absolute Gasteiger partial charge is 0.507 e. The van der Waals surface area contributed by atoms with Gasteiger partial charge in [0.25, 0.3) is 0 Å². The van der Waals surface area contributed by atoms with Gasteiger partial charge in [-0.3, -0.25) is 9.59 Å². The molecule has 2 aliphatic heterocycles. The van der Waals surface area contributed by atoms with E-state index in [4.69, 9.17) is 4.74 Å². The zero-order valence-electron chi connectivity index (χ0n) is 14.2. The second-order valence-corrected chi connectivity index (χ2v) is 7.94. The Labute approximate surface area is 136 Å². The van der Waals surface area contributed by atoms with Crippen LogP contribution in [0, 0.1) is 18.3 Å². The number of carbonyl (C=O) groups is 2. The van der Waals surface area contributed by atoms with Crippen LogP contribution >= 0.6 is 0 Å². The quantitative estimate of drug-likeness (QED) is 0.868. The molecule has 1 aromatic rings. The standard InChI is InChI=1S/C19H24O4/c1-11-6-5-7-13(20)16(11)14(21)8-12-9-18(2,3)17-15(22)10-19(12,4)23-17/h5-7,12,17,20H,8-10H2,1-4H3/t12-,17-,19-/m0/s1. The maximum atomic E-state index is 12.8. The summed E-state index contributed by atoms with van der Waals surface area (Å²) < 4.78 is 6.06. The predicted octanol–water partition coefficient (Wildman–Crippen LogP) is 3.44. The van der Waals surface area contributed by atoms with Crippen molar-refractivity contribution in [3.05, 3.63) is 29.3 Å². The van der Waals surface area contributed by atoms with E-state index in [1.807, 2.05) is 33.8 Å². The SMILES string of the molecule is Cc1cccc(O)c1C(=O)C[C@H]1CC(C)(C)[C@H]2O[C@@]1(C)CC2=O. The van der Waals surface area contributed by atoms with Crippen molar-refractivity contribution < 1.29 is 19.4 Å². The molecule has 0 radical (unpaired) electrons. The maximum absolute atomic E-state index is 12.8. The van der Waals surface area contributed by atoms with Gasteiger partial charge in [-0.1, -0.05) is 26.0 Å². The van der Waals surface area contributed by atoms with Gasteiger partial charge in [-0.25, -0.2) is 0 Å². The van der Waals surface area contributed by atoms with Gasteiger partial charge in [0.05, 0.1) is 11.2 Å². The number of Topliss-reactive ketones (excluding diaryl/α,β-unsaturated/α-hetero) is 2. The van der Waals surface area contributed by atoms with Crippen molar-refractivity contribution >= 4 is 11.6 Å². The van der Waals surface area contributed by atoms with Gasteiger partial charge in [-0.2, -0.15) is 0 Å². The van der Waals surface area contributed by atoms with Gasteiger partial charge in [0.1, 0.15) is 11.9 Å². The van der Waals surface area contributed by atoms with E-state index < -0.39 is 5.60 Å². The fourth-order valence-corrected chi connectivity index (χ4v) is 4.24. The molecule has 2 fully saturated rings. The summed E-state index contributed by atoms with van der Waals surface area (Å²) >= 11 is 0. The first kappa shape index (κ1) is 16.2. The number of ether oxygens (including phenoxy) is 1. The summed E-state index contributed by atoms with van der Waals surface area (Å²) in [4.78, 5) is 25.0. The van der Waals surface area contributed by atoms with Gasteiger partial charge in [0, 0.05) is 12.8 Å². The average molecular weight is 316 g/mol. The van der Waals surface area contributed by atoms with E-state index in [0.717, 1.165) is 12.0 Å². The van der Waals surface area contributed by atoms with E-state index in [1.165, 1.54) is 0 Å². The lowest BCUT2D eigenvalue weighted by atomic mass is 9.71. The van der Waals surface area contributed by atoms with E-state index in [9.17, 15) is 14.7 Å². The van der Waals surface area contributed by atoms with Crippen LogP contribution in [-0.2, 0) is 9.53 Å². The highest BCUT2D eigenvalue weighted by Crippen LogP contribution is 2.52. The molecule has 2 aliphatic rings. The number of aromatic hydroxyl groups is 1. The first-order chi connectivity index (χ1) is 10.6. The van der Waals surface area contributed by atoms with Crippen molar-refractivity contribution in [2.75, 3.05) is 0 Å². The van der Waals surface area contributed by atoms with Gasteiger partial charge < -0.3 is 9.84 Å². The summed E-state index contributed by atoms with van der Waals surface area (Å²) in [6, 6.07) is 5.10. The van der Waals surface area contributed by atoms with Gasteiger partial charge >= 0.3 is 0 Å². The molecular weight excluding hydrogens is 292 g/mol. The minimum absolute atomic E-state index is 0.0216. The maximum Gasteiger partial charge on any atom is 0.167 e. The third-order valence-electron chi connectivity index (χ3n) is 5.51. The summed E-state index contributed by atoms with van der Waals surface area (Å²) in [5, 5.41) is 10.0. The topological polar surface area (TPSA) is 63.6 Å². The highest BCUT2D eigenvalue weighted by Gasteiger charge is 2.58. The third kappa shape index (κ3) is 2.59. The molecule has 0 amide bonds. The van der Waals surface area contributed by atoms with Crippen LogP contribution in [0.25, 0.3) is 0 Å². The number of benzene rings is 1. The summed E-state index contributed by atoms with van der Waals surface area (Å²) in [6.45, 7) is 7.83. The van der Waals surface area contributed by atoms with E-state index in [2.05, 4.69) is 0 Å². The number of fused-ring (bicyclic) bond motifs is 2. The van der Waals surface area contributed by atoms with Crippen LogP contribution in [0.15, 0.2) is 18.2 Å². The van der Waals surface area contributed by atoms with Crippen molar-refractivity contribution in [2.45, 2.75) is 58.7 Å². The lowest BCUT2D eigenvalue weighted by Crippen LogP contribution is -2.48. The summed E-state index contributed by atoms with van der Waals surface area (Å²) in [6.07, 6.45) is 1.08. The van der Waals surface area contributed by atoms with E-state index >= 15 is 0 Å². The van der Waals surface area contributed by atoms with Crippen molar-refractivity contribution in [1.29, 1.82) is 0 Å². The fourth-order valence-electron chi connectivity index (χ4n) is 4.24. The first-order valence-electron chi connectivity index (χ1n) is 8.16. The van der Waals surface area contributed by atoms with E-state index in [0.29, 0.717) is 18.4 Å². The number of hydrogen-bond acceptors (Lipinski definition) is 4. The molecule has 1 N–H and O–H groups in total. The number of aryl methyl sites for hydroxylation is 1. The number of phenolic OH excluding ortho intramolecular Hbond substituents is 1. The smallest absolute Gasteiger partial charge is 0.167 e. The van der Waals surface area contributed by atoms with Crippen LogP contribution < -0.4 is 0 Å². The normalized spacial score (nSPS) is 32.1. The molecular formula is C19H24O4. The van der Waals surface area contributed by atoms with Crippen LogP contribution in [0.4, 0.5) is 0 Å². The Bertz CT molecular complexity index is 656. The minimum Gasteiger partial charge on any atom is -0.507 e. The molecule has 2 bridgehead atoms. The molecule has 0 spiro atoms. The molecule has 4 heteroatoms. The second kappa shape index (κ2) is 5.17. The monoisotopic (exact) mass is 316 g/mol. The van der Waals surface area contributed by atoms with E-state index in [-0.39, 0.29) is 34.8 Å². The second-order valence-electron chi connectivity index (χ2n) is 7.94. The van der Waals surface area contributed by atoms with Crippen molar-refractivity contribution in [3.63, 3.8) is 0 Å². The fraction of sp³-hybridized carbons (Fsp3) is 0.579. The molecule has 23 heavy (non-hydrogen) atoms. The van der Waals surface area contributed by atoms with Crippen molar-refractivity contribution in [1.82, 2.24) is 0 Å². The highest BCUT2D eigenvalue weighted by molar-refractivity contribution is 6.00. The number of carbonyl (C=O) groups excluding carboxylic acids is 2. The van der Waals surface area contributed by atoms with E-state index in [1.54, 1.807) is 12.1 Å².